The summed E-state index contributed by atoms with van der Waals surface area (Å²) in [6, 6.07) is 0. The van der Waals surface area contributed by atoms with Crippen molar-refractivity contribution in [3.63, 3.8) is 0 Å². The summed E-state index contributed by atoms with van der Waals surface area (Å²) in [6.45, 7) is 4.19. The van der Waals surface area contributed by atoms with E-state index in [1.807, 2.05) is 13.8 Å². The van der Waals surface area contributed by atoms with Gasteiger partial charge in [0, 0.05) is 0 Å². The summed E-state index contributed by atoms with van der Waals surface area (Å²) >= 11 is 5.57. The summed E-state index contributed by atoms with van der Waals surface area (Å²) in [5.74, 6) is 0.159. The Hall–Kier alpha value is -1.43. The lowest BCUT2D eigenvalue weighted by Gasteiger charge is -2.07. The van der Waals surface area contributed by atoms with E-state index < -0.39 is 4.92 Å². The molecule has 0 aliphatic heterocycles. The number of aromatic nitrogens is 2. The van der Waals surface area contributed by atoms with Crippen molar-refractivity contribution in [1.82, 2.24) is 9.97 Å². The van der Waals surface area contributed by atoms with Gasteiger partial charge < -0.3 is 4.74 Å². The van der Waals surface area contributed by atoms with Gasteiger partial charge in [0.2, 0.25) is 5.15 Å². The van der Waals surface area contributed by atoms with Crippen molar-refractivity contribution in [2.75, 3.05) is 6.61 Å². The van der Waals surface area contributed by atoms with Gasteiger partial charge in [0.15, 0.2) is 0 Å². The van der Waals surface area contributed by atoms with E-state index in [0.29, 0.717) is 6.61 Å². The average Bonchev–Trinajstić information content (AvgIpc) is 2.13. The maximum Gasteiger partial charge on any atom is 0.367 e. The number of hydrogen-bond donors (Lipinski definition) is 0. The molecule has 7 heteroatoms. The third-order valence-corrected chi connectivity index (χ3v) is 1.76. The maximum atomic E-state index is 10.6. The molecule has 82 valence electrons. The van der Waals surface area contributed by atoms with Crippen molar-refractivity contribution in [3.8, 4) is 5.88 Å². The Morgan fingerprint density at radius 3 is 2.80 bits per heavy atom. The molecular formula is C8H10ClN3O3. The van der Waals surface area contributed by atoms with Gasteiger partial charge in [0.25, 0.3) is 5.88 Å². The fraction of sp³-hybridized carbons (Fsp3) is 0.500. The van der Waals surface area contributed by atoms with Crippen molar-refractivity contribution in [1.29, 1.82) is 0 Å². The van der Waals surface area contributed by atoms with Crippen LogP contribution in [0.4, 0.5) is 5.69 Å². The van der Waals surface area contributed by atoms with E-state index in [0.717, 1.165) is 6.33 Å². The van der Waals surface area contributed by atoms with Gasteiger partial charge in [-0.15, -0.1) is 0 Å². The number of nitrogens with zero attached hydrogens (tertiary/aromatic N) is 3. The van der Waals surface area contributed by atoms with Crippen LogP contribution in [0.1, 0.15) is 13.8 Å². The molecule has 0 aliphatic rings. The molecule has 0 spiro atoms. The summed E-state index contributed by atoms with van der Waals surface area (Å²) in [5, 5.41) is 10.4. The first kappa shape index (κ1) is 11.6. The van der Waals surface area contributed by atoms with E-state index >= 15 is 0 Å². The number of halogens is 1. The van der Waals surface area contributed by atoms with Crippen molar-refractivity contribution < 1.29 is 9.66 Å². The van der Waals surface area contributed by atoms with Crippen LogP contribution in [0.2, 0.25) is 5.15 Å². The number of hydrogen-bond acceptors (Lipinski definition) is 5. The highest BCUT2D eigenvalue weighted by atomic mass is 35.5. The molecule has 0 atom stereocenters. The molecule has 0 unspecified atom stereocenters. The second kappa shape index (κ2) is 4.88. The van der Waals surface area contributed by atoms with Gasteiger partial charge in [0.1, 0.15) is 6.33 Å². The van der Waals surface area contributed by atoms with Crippen LogP contribution in [0.5, 0.6) is 5.88 Å². The first-order valence-corrected chi connectivity index (χ1v) is 4.68. The lowest BCUT2D eigenvalue weighted by atomic mass is 10.2. The highest BCUT2D eigenvalue weighted by molar-refractivity contribution is 6.31. The highest BCUT2D eigenvalue weighted by Crippen LogP contribution is 2.30. The van der Waals surface area contributed by atoms with E-state index in [9.17, 15) is 10.1 Å². The maximum absolute atomic E-state index is 10.6. The zero-order chi connectivity index (χ0) is 11.4. The second-order valence-electron chi connectivity index (χ2n) is 3.28. The first-order chi connectivity index (χ1) is 7.02. The quantitative estimate of drug-likeness (QED) is 0.450. The van der Waals surface area contributed by atoms with Crippen LogP contribution < -0.4 is 4.74 Å². The van der Waals surface area contributed by atoms with Gasteiger partial charge in [-0.2, -0.15) is 4.98 Å². The number of rotatable bonds is 4. The molecule has 1 heterocycles. The Kier molecular flexibility index (Phi) is 3.79. The SMILES string of the molecule is CC(C)COc1ncnc(Cl)c1[N+](=O)[O-]. The molecule has 1 aromatic rings. The van der Waals surface area contributed by atoms with Gasteiger partial charge in [-0.05, 0) is 5.92 Å². The van der Waals surface area contributed by atoms with E-state index in [-0.39, 0.29) is 22.6 Å². The minimum absolute atomic E-state index is 0.0892. The normalized spacial score (nSPS) is 10.4. The number of ether oxygens (including phenoxy) is 1. The molecule has 0 saturated heterocycles. The molecule has 0 N–H and O–H groups in total. The van der Waals surface area contributed by atoms with Gasteiger partial charge >= 0.3 is 5.69 Å². The molecule has 0 radical (unpaired) electrons. The highest BCUT2D eigenvalue weighted by Gasteiger charge is 2.23. The van der Waals surface area contributed by atoms with Crippen LogP contribution in [0, 0.1) is 16.0 Å². The van der Waals surface area contributed by atoms with Gasteiger partial charge in [-0.1, -0.05) is 25.4 Å². The van der Waals surface area contributed by atoms with Crippen LogP contribution in [-0.2, 0) is 0 Å². The minimum atomic E-state index is -0.655. The molecule has 0 fully saturated rings. The predicted molar refractivity (Wildman–Crippen MR) is 54.0 cm³/mol. The van der Waals surface area contributed by atoms with Crippen molar-refractivity contribution in [2.24, 2.45) is 5.92 Å². The zero-order valence-electron chi connectivity index (χ0n) is 8.31. The summed E-state index contributed by atoms with van der Waals surface area (Å²) in [6.07, 6.45) is 1.13. The molecule has 1 rings (SSSR count). The third kappa shape index (κ3) is 3.02. The molecule has 0 bridgehead atoms. The Labute approximate surface area is 91.4 Å². The summed E-state index contributed by atoms with van der Waals surface area (Å²) in [5.41, 5.74) is -0.389. The van der Waals surface area contributed by atoms with E-state index in [1.54, 1.807) is 0 Å². The van der Waals surface area contributed by atoms with Gasteiger partial charge in [-0.3, -0.25) is 10.1 Å². The summed E-state index contributed by atoms with van der Waals surface area (Å²) in [7, 11) is 0. The molecule has 6 nitrogen and oxygen atoms in total. The Morgan fingerprint density at radius 2 is 2.27 bits per heavy atom. The first-order valence-electron chi connectivity index (χ1n) is 4.30. The average molecular weight is 232 g/mol. The minimum Gasteiger partial charge on any atom is -0.472 e. The van der Waals surface area contributed by atoms with Gasteiger partial charge in [0.05, 0.1) is 11.5 Å². The predicted octanol–water partition coefficient (Wildman–Crippen LogP) is 2.07. The van der Waals surface area contributed by atoms with Crippen molar-refractivity contribution >= 4 is 17.3 Å². The largest absolute Gasteiger partial charge is 0.472 e. The van der Waals surface area contributed by atoms with Crippen LogP contribution in [0.15, 0.2) is 6.33 Å². The lowest BCUT2D eigenvalue weighted by Crippen LogP contribution is -2.08. The molecule has 0 aliphatic carbocycles. The summed E-state index contributed by atoms with van der Waals surface area (Å²) < 4.78 is 5.16. The van der Waals surface area contributed by atoms with E-state index in [2.05, 4.69) is 9.97 Å². The molecule has 0 amide bonds. The molecule has 0 saturated carbocycles. The third-order valence-electron chi connectivity index (χ3n) is 1.48. The number of nitro groups is 1. The van der Waals surface area contributed by atoms with Crippen molar-refractivity contribution in [3.05, 3.63) is 21.6 Å². The van der Waals surface area contributed by atoms with Crippen LogP contribution in [-0.4, -0.2) is 21.5 Å². The Bertz CT molecular complexity index is 370. The van der Waals surface area contributed by atoms with Gasteiger partial charge in [-0.25, -0.2) is 4.98 Å². The van der Waals surface area contributed by atoms with E-state index in [4.69, 9.17) is 16.3 Å². The van der Waals surface area contributed by atoms with Crippen LogP contribution in [0.3, 0.4) is 0 Å². The molecule has 0 aromatic carbocycles. The lowest BCUT2D eigenvalue weighted by molar-refractivity contribution is -0.386. The van der Waals surface area contributed by atoms with E-state index in [1.165, 1.54) is 0 Å². The molecule has 15 heavy (non-hydrogen) atoms. The Morgan fingerprint density at radius 1 is 1.60 bits per heavy atom. The molecule has 1 aromatic heterocycles. The topological polar surface area (TPSA) is 78.2 Å². The monoisotopic (exact) mass is 231 g/mol. The fourth-order valence-corrected chi connectivity index (χ4v) is 1.04. The van der Waals surface area contributed by atoms with Crippen LogP contribution in [0.25, 0.3) is 0 Å². The smallest absolute Gasteiger partial charge is 0.367 e. The van der Waals surface area contributed by atoms with Crippen LogP contribution >= 0.6 is 11.6 Å². The standard InChI is InChI=1S/C8H10ClN3O3/c1-5(2)3-15-8-6(12(13)14)7(9)10-4-11-8/h4-5H,3H2,1-2H3. The van der Waals surface area contributed by atoms with Crippen molar-refractivity contribution in [2.45, 2.75) is 13.8 Å². The molecular weight excluding hydrogens is 222 g/mol. The summed E-state index contributed by atoms with van der Waals surface area (Å²) in [4.78, 5) is 17.2. The zero-order valence-corrected chi connectivity index (χ0v) is 9.06. The Balaban J connectivity index is 2.96. The fourth-order valence-electron chi connectivity index (χ4n) is 0.847. The second-order valence-corrected chi connectivity index (χ2v) is 3.64.